The van der Waals surface area contributed by atoms with Crippen LogP contribution < -0.4 is 20.1 Å². The molecule has 16 heteroatoms. The van der Waals surface area contributed by atoms with Gasteiger partial charge in [0.2, 0.25) is 27.7 Å². The summed E-state index contributed by atoms with van der Waals surface area (Å²) >= 11 is 3.47. The van der Waals surface area contributed by atoms with Crippen molar-refractivity contribution in [3.05, 3.63) is 59.2 Å². The first-order valence-corrected chi connectivity index (χ1v) is 19.8. The second kappa shape index (κ2) is 16.8. The van der Waals surface area contributed by atoms with Crippen LogP contribution in [0.25, 0.3) is 10.8 Å². The van der Waals surface area contributed by atoms with Gasteiger partial charge in [-0.2, -0.15) is 0 Å². The maximum atomic E-state index is 14.5. The van der Waals surface area contributed by atoms with E-state index in [0.29, 0.717) is 23.8 Å². The second-order valence-electron chi connectivity index (χ2n) is 14.6. The predicted octanol–water partition coefficient (Wildman–Crippen LogP) is 4.61. The SMILES string of the molecule is C=CC[C@](C)(NC(=O)[C@@H]1C[C@@H](Oc2nccc3ccc(Br)cc23)CN1C(=O)[C@H](CCC(=O)/C(C)=C/C)NC(=O)OC(C)(C)C)C(=O)NS(=O)(=O)C1CC1. The maximum Gasteiger partial charge on any atom is 0.408 e. The Labute approximate surface area is 318 Å². The average molecular weight is 819 g/mol. The van der Waals surface area contributed by atoms with Gasteiger partial charge in [-0.05, 0) is 96.4 Å². The number of alkyl carbamates (subject to hydrolysis) is 1. The van der Waals surface area contributed by atoms with Gasteiger partial charge in [0, 0.05) is 28.9 Å². The van der Waals surface area contributed by atoms with Crippen LogP contribution in [0, 0.1) is 0 Å². The predicted molar refractivity (Wildman–Crippen MR) is 202 cm³/mol. The molecule has 1 saturated heterocycles. The Hall–Kier alpha value is -4.31. The quantitative estimate of drug-likeness (QED) is 0.169. The minimum Gasteiger partial charge on any atom is -0.472 e. The van der Waals surface area contributed by atoms with E-state index in [1.807, 2.05) is 24.3 Å². The molecule has 0 spiro atoms. The molecule has 2 aliphatic rings. The van der Waals surface area contributed by atoms with Crippen molar-refractivity contribution >= 4 is 66.3 Å². The molecule has 288 valence electrons. The van der Waals surface area contributed by atoms with Crippen molar-refractivity contribution < 1.29 is 41.9 Å². The minimum absolute atomic E-state index is 0.0500. The Morgan fingerprint density at radius 3 is 2.45 bits per heavy atom. The molecule has 1 aromatic carbocycles. The lowest BCUT2D eigenvalue weighted by molar-refractivity contribution is -0.142. The third-order valence-electron chi connectivity index (χ3n) is 8.99. The number of allylic oxidation sites excluding steroid dienone is 2. The highest BCUT2D eigenvalue weighted by molar-refractivity contribution is 9.10. The molecule has 2 fully saturated rings. The van der Waals surface area contributed by atoms with Gasteiger partial charge < -0.3 is 25.0 Å². The molecule has 1 saturated carbocycles. The van der Waals surface area contributed by atoms with E-state index in [-0.39, 0.29) is 43.9 Å². The van der Waals surface area contributed by atoms with Crippen LogP contribution in [0.3, 0.4) is 0 Å². The number of pyridine rings is 1. The van der Waals surface area contributed by atoms with Crippen molar-refractivity contribution in [2.24, 2.45) is 0 Å². The van der Waals surface area contributed by atoms with Crippen LogP contribution in [-0.2, 0) is 33.9 Å². The molecule has 1 aromatic heterocycles. The number of amides is 4. The highest BCUT2D eigenvalue weighted by atomic mass is 79.9. The lowest BCUT2D eigenvalue weighted by atomic mass is 9.96. The molecule has 0 radical (unpaired) electrons. The van der Waals surface area contributed by atoms with Gasteiger partial charge in [0.15, 0.2) is 5.78 Å². The number of likely N-dealkylation sites (tertiary alicyclic amines) is 1. The summed E-state index contributed by atoms with van der Waals surface area (Å²) < 4.78 is 40.0. The Balaban J connectivity index is 1.68. The second-order valence-corrected chi connectivity index (χ2v) is 17.5. The van der Waals surface area contributed by atoms with Gasteiger partial charge in [-0.3, -0.25) is 23.9 Å². The maximum absolute atomic E-state index is 14.5. The number of hydrogen-bond donors (Lipinski definition) is 3. The molecule has 53 heavy (non-hydrogen) atoms. The summed E-state index contributed by atoms with van der Waals surface area (Å²) in [5.41, 5.74) is -2.17. The average Bonchev–Trinajstić information content (AvgIpc) is 3.86. The smallest absolute Gasteiger partial charge is 0.408 e. The highest BCUT2D eigenvalue weighted by Crippen LogP contribution is 2.31. The van der Waals surface area contributed by atoms with E-state index in [4.69, 9.17) is 9.47 Å². The van der Waals surface area contributed by atoms with E-state index >= 15 is 0 Å². The van der Waals surface area contributed by atoms with Gasteiger partial charge >= 0.3 is 6.09 Å². The highest BCUT2D eigenvalue weighted by Gasteiger charge is 2.47. The third-order valence-corrected chi connectivity index (χ3v) is 11.3. The van der Waals surface area contributed by atoms with Crippen LogP contribution in [0.5, 0.6) is 5.88 Å². The van der Waals surface area contributed by atoms with Crippen molar-refractivity contribution in [2.75, 3.05) is 6.54 Å². The topological polar surface area (TPSA) is 190 Å². The van der Waals surface area contributed by atoms with E-state index in [0.717, 1.165) is 9.86 Å². The van der Waals surface area contributed by atoms with Crippen molar-refractivity contribution in [3.63, 3.8) is 0 Å². The number of aromatic nitrogens is 1. The molecule has 1 aliphatic heterocycles. The number of halogens is 1. The van der Waals surface area contributed by atoms with Gasteiger partial charge in [0.1, 0.15) is 29.3 Å². The first kappa shape index (κ1) is 41.4. The summed E-state index contributed by atoms with van der Waals surface area (Å²) in [6.07, 6.45) is 3.41. The van der Waals surface area contributed by atoms with E-state index in [9.17, 15) is 32.4 Å². The van der Waals surface area contributed by atoms with E-state index < -0.39 is 68.4 Å². The van der Waals surface area contributed by atoms with E-state index in [2.05, 4.69) is 42.8 Å². The molecule has 1 aliphatic carbocycles. The molecule has 3 N–H and O–H groups in total. The van der Waals surface area contributed by atoms with Gasteiger partial charge in [-0.1, -0.05) is 34.1 Å². The van der Waals surface area contributed by atoms with Crippen molar-refractivity contribution in [3.8, 4) is 5.88 Å². The number of rotatable bonds is 15. The van der Waals surface area contributed by atoms with Gasteiger partial charge in [0.05, 0.1) is 11.8 Å². The number of fused-ring (bicyclic) bond motifs is 1. The summed E-state index contributed by atoms with van der Waals surface area (Å²) in [5, 5.41) is 6.10. The molecule has 0 unspecified atom stereocenters. The Kier molecular flexibility index (Phi) is 13.1. The van der Waals surface area contributed by atoms with Crippen molar-refractivity contribution in [2.45, 2.75) is 115 Å². The van der Waals surface area contributed by atoms with Crippen LogP contribution in [-0.4, -0.2) is 89.0 Å². The number of carbonyl (C=O) groups excluding carboxylic acids is 5. The van der Waals surface area contributed by atoms with Gasteiger partial charge in [0.25, 0.3) is 5.91 Å². The van der Waals surface area contributed by atoms with Crippen LogP contribution in [0.2, 0.25) is 0 Å². The van der Waals surface area contributed by atoms with E-state index in [1.54, 1.807) is 46.9 Å². The molecule has 2 aromatic rings. The van der Waals surface area contributed by atoms with Crippen molar-refractivity contribution in [1.29, 1.82) is 0 Å². The molecule has 0 bridgehead atoms. The van der Waals surface area contributed by atoms with Crippen LogP contribution >= 0.6 is 15.9 Å². The lowest BCUT2D eigenvalue weighted by Gasteiger charge is -2.33. The van der Waals surface area contributed by atoms with E-state index in [1.165, 1.54) is 17.9 Å². The number of ether oxygens (including phenoxy) is 2. The first-order chi connectivity index (χ1) is 24.8. The number of Topliss-reactive ketones (excluding diaryl/α,β-unsaturated/α-hetero) is 1. The normalized spacial score (nSPS) is 19.5. The van der Waals surface area contributed by atoms with Gasteiger partial charge in [-0.15, -0.1) is 6.58 Å². The fourth-order valence-corrected chi connectivity index (χ4v) is 7.60. The minimum atomic E-state index is -3.95. The fourth-order valence-electron chi connectivity index (χ4n) is 5.83. The summed E-state index contributed by atoms with van der Waals surface area (Å²) in [5.74, 6) is -2.37. The molecule has 4 amide bonds. The molecule has 14 nitrogen and oxygen atoms in total. The van der Waals surface area contributed by atoms with Gasteiger partial charge in [-0.25, -0.2) is 18.2 Å². The summed E-state index contributed by atoms with van der Waals surface area (Å²) in [6.45, 7) is 13.3. The Bertz CT molecular complexity index is 1910. The fraction of sp³-hybridized carbons (Fsp3) is 0.514. The summed E-state index contributed by atoms with van der Waals surface area (Å²) in [4.78, 5) is 73.5. The number of hydrogen-bond acceptors (Lipinski definition) is 10. The third kappa shape index (κ3) is 10.9. The number of sulfonamides is 1. The number of benzene rings is 1. The molecular weight excluding hydrogens is 770 g/mol. The van der Waals surface area contributed by atoms with Crippen LogP contribution in [0.15, 0.2) is 59.2 Å². The number of nitrogens with zero attached hydrogens (tertiary/aromatic N) is 2. The zero-order valence-electron chi connectivity index (χ0n) is 30.9. The lowest BCUT2D eigenvalue weighted by Crippen LogP contribution is -2.61. The summed E-state index contributed by atoms with van der Waals surface area (Å²) in [7, 11) is -3.95. The monoisotopic (exact) mass is 817 g/mol. The standard InChI is InChI=1S/C37H48BrN5O9S/c1-8-17-37(7,34(47)42-53(49,50)26-12-13-26)41-31(45)29-20-25(51-32-27-19-24(38)11-10-23(27)16-18-39-32)21-43(29)33(46)28(14-15-30(44)22(3)9-2)40-35(48)52-36(4,5)6/h8-11,16,18-19,25-26,28-29H,1,12-15,17,20-21H2,2-7H3,(H,40,48)(H,41,45)(H,42,47)/b22-9+/t25-,28+,29+,37+/m1/s1. The molecule has 4 rings (SSSR count). The number of nitrogens with one attached hydrogen (secondary N) is 3. The molecule has 4 atom stereocenters. The molecule has 2 heterocycles. The van der Waals surface area contributed by atoms with Crippen molar-refractivity contribution in [1.82, 2.24) is 25.2 Å². The zero-order chi connectivity index (χ0) is 39.3. The van der Waals surface area contributed by atoms with Crippen LogP contribution in [0.1, 0.15) is 80.1 Å². The molecular formula is C37H48BrN5O9S. The Morgan fingerprint density at radius 2 is 1.83 bits per heavy atom. The summed E-state index contributed by atoms with van der Waals surface area (Å²) in [6, 6.07) is 4.86. The Morgan fingerprint density at radius 1 is 1.13 bits per heavy atom. The zero-order valence-corrected chi connectivity index (χ0v) is 33.3. The number of ketones is 1. The number of carbonyl (C=O) groups is 5. The van der Waals surface area contributed by atoms with Crippen LogP contribution in [0.4, 0.5) is 4.79 Å². The largest absolute Gasteiger partial charge is 0.472 e. The first-order valence-electron chi connectivity index (χ1n) is 17.4.